The van der Waals surface area contributed by atoms with E-state index in [-0.39, 0.29) is 17.9 Å². The van der Waals surface area contributed by atoms with Crippen LogP contribution in [0, 0.1) is 0 Å². The van der Waals surface area contributed by atoms with Crippen LogP contribution in [0.15, 0.2) is 24.3 Å². The zero-order chi connectivity index (χ0) is 19.2. The number of nitrogens with one attached hydrogen (secondary N) is 2. The summed E-state index contributed by atoms with van der Waals surface area (Å²) in [7, 11) is 1.34. The van der Waals surface area contributed by atoms with Crippen molar-refractivity contribution in [1.82, 2.24) is 20.4 Å². The summed E-state index contributed by atoms with van der Waals surface area (Å²) in [6.07, 6.45) is 2.18. The molecule has 0 bridgehead atoms. The van der Waals surface area contributed by atoms with Crippen molar-refractivity contribution in [3.63, 3.8) is 0 Å². The van der Waals surface area contributed by atoms with Gasteiger partial charge in [-0.1, -0.05) is 12.1 Å². The SMILES string of the molecule is COC(=O)c1ccc(CNC(=O)N2CCN(CC(=O)NC3CC3)CC2)cc1. The lowest BCUT2D eigenvalue weighted by atomic mass is 10.1. The smallest absolute Gasteiger partial charge is 0.337 e. The number of hydrogen-bond donors (Lipinski definition) is 2. The predicted molar refractivity (Wildman–Crippen MR) is 99.2 cm³/mol. The molecule has 2 fully saturated rings. The van der Waals surface area contributed by atoms with Gasteiger partial charge in [-0.05, 0) is 30.5 Å². The molecule has 3 amide bonds. The van der Waals surface area contributed by atoms with Crippen molar-refractivity contribution in [2.24, 2.45) is 0 Å². The summed E-state index contributed by atoms with van der Waals surface area (Å²) < 4.78 is 4.66. The van der Waals surface area contributed by atoms with Crippen molar-refractivity contribution in [3.8, 4) is 0 Å². The zero-order valence-electron chi connectivity index (χ0n) is 15.6. The van der Waals surface area contributed by atoms with Crippen LogP contribution in [-0.2, 0) is 16.1 Å². The molecule has 8 nitrogen and oxygen atoms in total. The molecule has 0 radical (unpaired) electrons. The summed E-state index contributed by atoms with van der Waals surface area (Å²) >= 11 is 0. The highest BCUT2D eigenvalue weighted by molar-refractivity contribution is 5.89. The van der Waals surface area contributed by atoms with E-state index in [2.05, 4.69) is 20.3 Å². The number of carbonyl (C=O) groups is 3. The first-order chi connectivity index (χ1) is 13.0. The number of rotatable bonds is 6. The van der Waals surface area contributed by atoms with Crippen LogP contribution in [-0.4, -0.2) is 73.6 Å². The van der Waals surface area contributed by atoms with Gasteiger partial charge < -0.3 is 20.3 Å². The van der Waals surface area contributed by atoms with Crippen LogP contribution in [0.1, 0.15) is 28.8 Å². The van der Waals surface area contributed by atoms with E-state index in [4.69, 9.17) is 0 Å². The molecule has 8 heteroatoms. The van der Waals surface area contributed by atoms with Crippen molar-refractivity contribution in [2.75, 3.05) is 39.8 Å². The Kier molecular flexibility index (Phi) is 6.28. The maximum atomic E-state index is 12.3. The number of carbonyl (C=O) groups excluding carboxylic acids is 3. The number of amides is 3. The zero-order valence-corrected chi connectivity index (χ0v) is 15.6. The van der Waals surface area contributed by atoms with E-state index >= 15 is 0 Å². The Morgan fingerprint density at radius 3 is 2.33 bits per heavy atom. The maximum Gasteiger partial charge on any atom is 0.337 e. The summed E-state index contributed by atoms with van der Waals surface area (Å²) in [5.41, 5.74) is 1.39. The van der Waals surface area contributed by atoms with Gasteiger partial charge in [-0.25, -0.2) is 9.59 Å². The fourth-order valence-electron chi connectivity index (χ4n) is 2.98. The van der Waals surface area contributed by atoms with Gasteiger partial charge in [0, 0.05) is 38.8 Å². The molecule has 1 aromatic carbocycles. The molecule has 2 aliphatic rings. The van der Waals surface area contributed by atoms with Gasteiger partial charge in [-0.2, -0.15) is 0 Å². The van der Waals surface area contributed by atoms with Gasteiger partial charge >= 0.3 is 12.0 Å². The molecule has 3 rings (SSSR count). The number of ether oxygens (including phenoxy) is 1. The maximum absolute atomic E-state index is 12.3. The molecule has 0 aromatic heterocycles. The lowest BCUT2D eigenvalue weighted by Gasteiger charge is -2.34. The van der Waals surface area contributed by atoms with Gasteiger partial charge in [-0.3, -0.25) is 9.69 Å². The average molecular weight is 374 g/mol. The standard InChI is InChI=1S/C19H26N4O4/c1-27-18(25)15-4-2-14(3-5-15)12-20-19(26)23-10-8-22(9-11-23)13-17(24)21-16-6-7-16/h2-5,16H,6-13H2,1H3,(H,20,26)(H,21,24). The van der Waals surface area contributed by atoms with E-state index in [1.54, 1.807) is 29.2 Å². The highest BCUT2D eigenvalue weighted by Crippen LogP contribution is 2.18. The Morgan fingerprint density at radius 1 is 1.07 bits per heavy atom. The van der Waals surface area contributed by atoms with E-state index < -0.39 is 0 Å². The molecule has 146 valence electrons. The summed E-state index contributed by atoms with van der Waals surface area (Å²) in [6, 6.07) is 7.21. The Morgan fingerprint density at radius 2 is 1.74 bits per heavy atom. The summed E-state index contributed by atoms with van der Waals surface area (Å²) in [4.78, 5) is 39.4. The van der Waals surface area contributed by atoms with Crippen molar-refractivity contribution in [3.05, 3.63) is 35.4 Å². The minimum Gasteiger partial charge on any atom is -0.465 e. The van der Waals surface area contributed by atoms with Crippen LogP contribution in [0.25, 0.3) is 0 Å². The molecule has 1 aliphatic carbocycles. The molecule has 1 saturated carbocycles. The Hall–Kier alpha value is -2.61. The highest BCUT2D eigenvalue weighted by atomic mass is 16.5. The van der Waals surface area contributed by atoms with Crippen LogP contribution in [0.4, 0.5) is 4.79 Å². The molecule has 0 spiro atoms. The number of benzene rings is 1. The van der Waals surface area contributed by atoms with Crippen LogP contribution in [0.3, 0.4) is 0 Å². The Labute approximate surface area is 158 Å². The number of methoxy groups -OCH3 is 1. The molecule has 1 aromatic rings. The average Bonchev–Trinajstić information content (AvgIpc) is 3.50. The van der Waals surface area contributed by atoms with Gasteiger partial charge in [0.1, 0.15) is 0 Å². The second-order valence-electron chi connectivity index (χ2n) is 6.95. The normalized spacial score (nSPS) is 17.3. The van der Waals surface area contributed by atoms with Crippen molar-refractivity contribution in [2.45, 2.75) is 25.4 Å². The van der Waals surface area contributed by atoms with Gasteiger partial charge in [0.2, 0.25) is 5.91 Å². The van der Waals surface area contributed by atoms with E-state index in [1.165, 1.54) is 7.11 Å². The first-order valence-electron chi connectivity index (χ1n) is 9.27. The Balaban J connectivity index is 1.37. The molecule has 0 unspecified atom stereocenters. The second-order valence-corrected chi connectivity index (χ2v) is 6.95. The molecule has 1 saturated heterocycles. The Bertz CT molecular complexity index is 679. The molecule has 1 aliphatic heterocycles. The van der Waals surface area contributed by atoms with E-state index in [0.717, 1.165) is 18.4 Å². The minimum atomic E-state index is -0.380. The van der Waals surface area contributed by atoms with Crippen LogP contribution in [0.2, 0.25) is 0 Å². The fraction of sp³-hybridized carbons (Fsp3) is 0.526. The molecular formula is C19H26N4O4. The van der Waals surface area contributed by atoms with Crippen molar-refractivity contribution < 1.29 is 19.1 Å². The lowest BCUT2D eigenvalue weighted by molar-refractivity contribution is -0.122. The summed E-state index contributed by atoms with van der Waals surface area (Å²) in [5.74, 6) is -0.305. The number of urea groups is 1. The lowest BCUT2D eigenvalue weighted by Crippen LogP contribution is -2.53. The third-order valence-electron chi connectivity index (χ3n) is 4.79. The topological polar surface area (TPSA) is 91.0 Å². The van der Waals surface area contributed by atoms with Gasteiger partial charge in [0.05, 0.1) is 19.2 Å². The summed E-state index contributed by atoms with van der Waals surface area (Å²) in [5, 5.41) is 5.88. The van der Waals surface area contributed by atoms with Crippen LogP contribution in [0.5, 0.6) is 0 Å². The molecule has 2 N–H and O–H groups in total. The fourth-order valence-corrected chi connectivity index (χ4v) is 2.98. The third kappa shape index (κ3) is 5.68. The number of esters is 1. The van der Waals surface area contributed by atoms with E-state index in [1.807, 2.05) is 0 Å². The minimum absolute atomic E-state index is 0.0748. The van der Waals surface area contributed by atoms with Crippen molar-refractivity contribution in [1.29, 1.82) is 0 Å². The first kappa shape index (κ1) is 19.2. The molecule has 27 heavy (non-hydrogen) atoms. The van der Waals surface area contributed by atoms with Gasteiger partial charge in [0.15, 0.2) is 0 Å². The first-order valence-corrected chi connectivity index (χ1v) is 9.27. The van der Waals surface area contributed by atoms with E-state index in [0.29, 0.717) is 50.9 Å². The predicted octanol–water partition coefficient (Wildman–Crippen LogP) is 0.579. The van der Waals surface area contributed by atoms with Gasteiger partial charge in [-0.15, -0.1) is 0 Å². The second kappa shape index (κ2) is 8.85. The monoisotopic (exact) mass is 374 g/mol. The van der Waals surface area contributed by atoms with Crippen LogP contribution < -0.4 is 10.6 Å². The summed E-state index contributed by atoms with van der Waals surface area (Å²) in [6.45, 7) is 3.38. The largest absolute Gasteiger partial charge is 0.465 e. The third-order valence-corrected chi connectivity index (χ3v) is 4.79. The van der Waals surface area contributed by atoms with Gasteiger partial charge in [0.25, 0.3) is 0 Å². The number of hydrogen-bond acceptors (Lipinski definition) is 5. The molecule has 0 atom stereocenters. The van der Waals surface area contributed by atoms with Crippen molar-refractivity contribution >= 4 is 17.9 Å². The van der Waals surface area contributed by atoms with Crippen LogP contribution >= 0.6 is 0 Å². The molecule has 1 heterocycles. The number of piperazine rings is 1. The number of nitrogens with zero attached hydrogens (tertiary/aromatic N) is 2. The van der Waals surface area contributed by atoms with E-state index in [9.17, 15) is 14.4 Å². The highest BCUT2D eigenvalue weighted by Gasteiger charge is 2.26. The quantitative estimate of drug-likeness (QED) is 0.711. The molecular weight excluding hydrogens is 348 g/mol.